The molecule has 0 heterocycles. The van der Waals surface area contributed by atoms with Gasteiger partial charge in [0.05, 0.1) is 6.61 Å². The van der Waals surface area contributed by atoms with Gasteiger partial charge in [0.1, 0.15) is 0 Å². The zero-order chi connectivity index (χ0) is 16.1. The molecule has 1 unspecified atom stereocenters. The number of rotatable bonds is 6. The first-order valence-corrected chi connectivity index (χ1v) is 7.73. The van der Waals surface area contributed by atoms with E-state index in [-0.39, 0.29) is 11.7 Å². The fraction of sp³-hybridized carbons (Fsp3) is 0.368. The van der Waals surface area contributed by atoms with Crippen molar-refractivity contribution < 1.29 is 9.13 Å². The Bertz CT molecular complexity index is 619. The SMILES string of the molecule is CCOc1ccc(C(CN)Cc2cc(C)cc(C)c2)cc1F. The summed E-state index contributed by atoms with van der Waals surface area (Å²) in [4.78, 5) is 0. The molecule has 2 nitrogen and oxygen atoms in total. The number of ether oxygens (including phenoxy) is 1. The third-order valence-corrected chi connectivity index (χ3v) is 3.78. The van der Waals surface area contributed by atoms with E-state index in [0.717, 1.165) is 12.0 Å². The van der Waals surface area contributed by atoms with Crippen molar-refractivity contribution in [3.8, 4) is 5.75 Å². The molecule has 0 saturated heterocycles. The first kappa shape index (κ1) is 16.5. The first-order chi connectivity index (χ1) is 10.5. The van der Waals surface area contributed by atoms with Crippen molar-refractivity contribution in [1.29, 1.82) is 0 Å². The summed E-state index contributed by atoms with van der Waals surface area (Å²) in [5.41, 5.74) is 10.6. The maximum Gasteiger partial charge on any atom is 0.165 e. The maximum atomic E-state index is 14.0. The third kappa shape index (κ3) is 4.08. The molecule has 3 heteroatoms. The topological polar surface area (TPSA) is 35.2 Å². The van der Waals surface area contributed by atoms with E-state index in [1.165, 1.54) is 16.7 Å². The van der Waals surface area contributed by atoms with Crippen LogP contribution in [-0.2, 0) is 6.42 Å². The van der Waals surface area contributed by atoms with Crippen molar-refractivity contribution in [1.82, 2.24) is 0 Å². The van der Waals surface area contributed by atoms with Gasteiger partial charge in [-0.05, 0) is 57.0 Å². The van der Waals surface area contributed by atoms with Crippen LogP contribution in [-0.4, -0.2) is 13.2 Å². The minimum Gasteiger partial charge on any atom is -0.491 e. The van der Waals surface area contributed by atoms with Crippen molar-refractivity contribution in [2.45, 2.75) is 33.1 Å². The van der Waals surface area contributed by atoms with Crippen LogP contribution in [0.1, 0.15) is 35.1 Å². The average Bonchev–Trinajstić information content (AvgIpc) is 2.46. The lowest BCUT2D eigenvalue weighted by atomic mass is 9.90. The van der Waals surface area contributed by atoms with Gasteiger partial charge in [0.15, 0.2) is 11.6 Å². The molecule has 2 aromatic carbocycles. The van der Waals surface area contributed by atoms with E-state index < -0.39 is 0 Å². The number of aryl methyl sites for hydroxylation is 2. The van der Waals surface area contributed by atoms with Gasteiger partial charge in [-0.25, -0.2) is 4.39 Å². The molecule has 0 aliphatic rings. The minimum atomic E-state index is -0.321. The van der Waals surface area contributed by atoms with Crippen LogP contribution in [0.3, 0.4) is 0 Å². The van der Waals surface area contributed by atoms with Gasteiger partial charge in [0, 0.05) is 5.92 Å². The van der Waals surface area contributed by atoms with Gasteiger partial charge < -0.3 is 10.5 Å². The van der Waals surface area contributed by atoms with Gasteiger partial charge in [0.25, 0.3) is 0 Å². The molecule has 0 spiro atoms. The first-order valence-electron chi connectivity index (χ1n) is 7.73. The van der Waals surface area contributed by atoms with Crippen LogP contribution < -0.4 is 10.5 Å². The van der Waals surface area contributed by atoms with Crippen molar-refractivity contribution in [2.24, 2.45) is 5.73 Å². The van der Waals surface area contributed by atoms with Crippen LogP contribution in [0.25, 0.3) is 0 Å². The second-order valence-electron chi connectivity index (χ2n) is 5.76. The summed E-state index contributed by atoms with van der Waals surface area (Å²) < 4.78 is 19.3. The molecule has 0 radical (unpaired) electrons. The summed E-state index contributed by atoms with van der Waals surface area (Å²) in [5.74, 6) is 0.0815. The van der Waals surface area contributed by atoms with Crippen LogP contribution in [0.15, 0.2) is 36.4 Å². The highest BCUT2D eigenvalue weighted by Crippen LogP contribution is 2.26. The van der Waals surface area contributed by atoms with Crippen LogP contribution in [0.4, 0.5) is 4.39 Å². The van der Waals surface area contributed by atoms with Gasteiger partial charge in [-0.15, -0.1) is 0 Å². The molecule has 118 valence electrons. The lowest BCUT2D eigenvalue weighted by molar-refractivity contribution is 0.321. The van der Waals surface area contributed by atoms with Gasteiger partial charge in [-0.3, -0.25) is 0 Å². The summed E-state index contributed by atoms with van der Waals surface area (Å²) in [5, 5.41) is 0. The Morgan fingerprint density at radius 3 is 2.32 bits per heavy atom. The molecular formula is C19H24FNO. The summed E-state index contributed by atoms with van der Waals surface area (Å²) in [6.45, 7) is 6.96. The van der Waals surface area contributed by atoms with E-state index in [4.69, 9.17) is 10.5 Å². The number of hydrogen-bond acceptors (Lipinski definition) is 2. The van der Waals surface area contributed by atoms with Crippen molar-refractivity contribution in [3.05, 3.63) is 64.5 Å². The second kappa shape index (κ2) is 7.41. The number of hydrogen-bond donors (Lipinski definition) is 1. The largest absolute Gasteiger partial charge is 0.491 e. The van der Waals surface area contributed by atoms with E-state index in [2.05, 4.69) is 32.0 Å². The molecule has 2 rings (SSSR count). The molecule has 0 aromatic heterocycles. The van der Waals surface area contributed by atoms with E-state index >= 15 is 0 Å². The van der Waals surface area contributed by atoms with Gasteiger partial charge in [-0.2, -0.15) is 0 Å². The highest BCUT2D eigenvalue weighted by atomic mass is 19.1. The lowest BCUT2D eigenvalue weighted by Crippen LogP contribution is -2.15. The molecule has 22 heavy (non-hydrogen) atoms. The Morgan fingerprint density at radius 2 is 1.77 bits per heavy atom. The van der Waals surface area contributed by atoms with E-state index in [1.807, 2.05) is 13.0 Å². The quantitative estimate of drug-likeness (QED) is 0.871. The Kier molecular flexibility index (Phi) is 5.56. The third-order valence-electron chi connectivity index (χ3n) is 3.78. The molecule has 0 amide bonds. The zero-order valence-electron chi connectivity index (χ0n) is 13.5. The van der Waals surface area contributed by atoms with Gasteiger partial charge in [0.2, 0.25) is 0 Å². The molecule has 0 aliphatic heterocycles. The number of benzene rings is 2. The lowest BCUT2D eigenvalue weighted by Gasteiger charge is -2.17. The second-order valence-corrected chi connectivity index (χ2v) is 5.76. The highest BCUT2D eigenvalue weighted by molar-refractivity contribution is 5.34. The molecule has 0 saturated carbocycles. The fourth-order valence-electron chi connectivity index (χ4n) is 2.85. The molecule has 0 fully saturated rings. The monoisotopic (exact) mass is 301 g/mol. The molecule has 2 N–H and O–H groups in total. The Balaban J connectivity index is 2.22. The van der Waals surface area contributed by atoms with Crippen molar-refractivity contribution in [3.63, 3.8) is 0 Å². The molecule has 0 aliphatic carbocycles. The fourth-order valence-corrected chi connectivity index (χ4v) is 2.85. The molecule has 0 bridgehead atoms. The van der Waals surface area contributed by atoms with Crippen molar-refractivity contribution >= 4 is 0 Å². The molecule has 2 aromatic rings. The standard InChI is InChI=1S/C19H24FNO/c1-4-22-19-6-5-16(11-18(19)20)17(12-21)10-15-8-13(2)7-14(3)9-15/h5-9,11,17H,4,10,12,21H2,1-3H3. The number of halogens is 1. The van der Waals surface area contributed by atoms with E-state index in [1.54, 1.807) is 12.1 Å². The zero-order valence-corrected chi connectivity index (χ0v) is 13.5. The predicted octanol–water partition coefficient (Wildman–Crippen LogP) is 4.13. The predicted molar refractivity (Wildman–Crippen MR) is 89.0 cm³/mol. The summed E-state index contributed by atoms with van der Waals surface area (Å²) >= 11 is 0. The van der Waals surface area contributed by atoms with Crippen molar-refractivity contribution in [2.75, 3.05) is 13.2 Å². The van der Waals surface area contributed by atoms with Gasteiger partial charge in [-0.1, -0.05) is 35.4 Å². The summed E-state index contributed by atoms with van der Waals surface area (Å²) in [7, 11) is 0. The summed E-state index contributed by atoms with van der Waals surface area (Å²) in [6, 6.07) is 11.6. The Labute approximate surface area is 132 Å². The summed E-state index contributed by atoms with van der Waals surface area (Å²) in [6.07, 6.45) is 0.812. The van der Waals surface area contributed by atoms with Gasteiger partial charge >= 0.3 is 0 Å². The average molecular weight is 301 g/mol. The Morgan fingerprint density at radius 1 is 1.09 bits per heavy atom. The Hall–Kier alpha value is -1.87. The van der Waals surface area contributed by atoms with Crippen LogP contribution in [0.5, 0.6) is 5.75 Å². The van der Waals surface area contributed by atoms with Crippen LogP contribution in [0, 0.1) is 19.7 Å². The maximum absolute atomic E-state index is 14.0. The minimum absolute atomic E-state index is 0.103. The van der Waals surface area contributed by atoms with Crippen LogP contribution >= 0.6 is 0 Å². The highest BCUT2D eigenvalue weighted by Gasteiger charge is 2.14. The van der Waals surface area contributed by atoms with E-state index in [9.17, 15) is 4.39 Å². The number of nitrogens with two attached hydrogens (primary N) is 1. The van der Waals surface area contributed by atoms with Crippen LogP contribution in [0.2, 0.25) is 0 Å². The molecule has 1 atom stereocenters. The smallest absolute Gasteiger partial charge is 0.165 e. The van der Waals surface area contributed by atoms with E-state index in [0.29, 0.717) is 18.9 Å². The molecular weight excluding hydrogens is 277 g/mol. The normalized spacial score (nSPS) is 12.2.